The van der Waals surface area contributed by atoms with Crippen molar-refractivity contribution in [2.75, 3.05) is 42.6 Å². The van der Waals surface area contributed by atoms with Gasteiger partial charge in [0, 0.05) is 49.5 Å². The van der Waals surface area contributed by atoms with Crippen LogP contribution in [0.5, 0.6) is 0 Å². The third kappa shape index (κ3) is 5.47. The molecule has 2 aromatic rings. The maximum Gasteiger partial charge on any atom is 0.416 e. The molecule has 2 amide bonds. The van der Waals surface area contributed by atoms with E-state index in [0.717, 1.165) is 18.9 Å². The third-order valence-electron chi connectivity index (χ3n) is 5.98. The average Bonchev–Trinajstić information content (AvgIpc) is 2.83. The number of hydrogen-bond acceptors (Lipinski definition) is 4. The van der Waals surface area contributed by atoms with Crippen molar-refractivity contribution in [2.24, 2.45) is 0 Å². The highest BCUT2D eigenvalue weighted by molar-refractivity contribution is 5.97. The minimum atomic E-state index is -4.54. The van der Waals surface area contributed by atoms with Crippen LogP contribution in [0.3, 0.4) is 0 Å². The highest BCUT2D eigenvalue weighted by Crippen LogP contribution is 2.35. The standard InChI is InChI=1S/C24H26F3N3O3/c25-24(26,27)21-15-20(29-11-13-33-14-12-29)9-6-18(21)16-28-23(32)17-4-7-19(8-5-17)30-10-2-1-3-22(30)31/h4-9,15H,1-3,10-14,16H2,(H,28,32). The first-order valence-corrected chi connectivity index (χ1v) is 11.0. The summed E-state index contributed by atoms with van der Waals surface area (Å²) < 4.78 is 46.4. The van der Waals surface area contributed by atoms with Gasteiger partial charge in [-0.1, -0.05) is 6.07 Å². The molecule has 9 heteroatoms. The molecule has 2 fully saturated rings. The number of halogens is 3. The van der Waals surface area contributed by atoms with Crippen molar-refractivity contribution in [3.63, 3.8) is 0 Å². The smallest absolute Gasteiger partial charge is 0.378 e. The number of amides is 2. The summed E-state index contributed by atoms with van der Waals surface area (Å²) in [6.45, 7) is 2.42. The van der Waals surface area contributed by atoms with Crippen LogP contribution in [0.2, 0.25) is 0 Å². The van der Waals surface area contributed by atoms with E-state index in [1.165, 1.54) is 6.07 Å². The Morgan fingerprint density at radius 3 is 2.33 bits per heavy atom. The Morgan fingerprint density at radius 2 is 1.67 bits per heavy atom. The molecule has 6 nitrogen and oxygen atoms in total. The largest absolute Gasteiger partial charge is 0.416 e. The van der Waals surface area contributed by atoms with Crippen LogP contribution >= 0.6 is 0 Å². The first kappa shape index (κ1) is 23.1. The second kappa shape index (κ2) is 9.82. The molecule has 0 spiro atoms. The van der Waals surface area contributed by atoms with Crippen molar-refractivity contribution in [2.45, 2.75) is 32.0 Å². The molecule has 1 N–H and O–H groups in total. The summed E-state index contributed by atoms with van der Waals surface area (Å²) in [5.41, 5.74) is 0.772. The topological polar surface area (TPSA) is 61.9 Å². The maximum atomic E-state index is 13.7. The van der Waals surface area contributed by atoms with Gasteiger partial charge in [0.15, 0.2) is 0 Å². The number of nitrogens with zero attached hydrogens (tertiary/aromatic N) is 2. The summed E-state index contributed by atoms with van der Waals surface area (Å²) in [6.07, 6.45) is -2.22. The number of anilines is 2. The zero-order chi connectivity index (χ0) is 23.4. The first-order chi connectivity index (χ1) is 15.8. The van der Waals surface area contributed by atoms with Crippen LogP contribution in [0.15, 0.2) is 42.5 Å². The number of nitrogens with one attached hydrogen (secondary N) is 1. The Balaban J connectivity index is 1.44. The first-order valence-electron chi connectivity index (χ1n) is 11.0. The second-order valence-electron chi connectivity index (χ2n) is 8.17. The molecule has 0 aromatic heterocycles. The fraction of sp³-hybridized carbons (Fsp3) is 0.417. The number of carbonyl (C=O) groups excluding carboxylic acids is 2. The van der Waals surface area contributed by atoms with Gasteiger partial charge in [-0.2, -0.15) is 13.2 Å². The third-order valence-corrected chi connectivity index (χ3v) is 5.98. The van der Waals surface area contributed by atoms with Crippen molar-refractivity contribution in [3.05, 3.63) is 59.2 Å². The number of hydrogen-bond donors (Lipinski definition) is 1. The number of ether oxygens (including phenoxy) is 1. The zero-order valence-corrected chi connectivity index (χ0v) is 18.2. The zero-order valence-electron chi connectivity index (χ0n) is 18.2. The normalized spacial score (nSPS) is 17.2. The molecule has 2 saturated heterocycles. The van der Waals surface area contributed by atoms with Gasteiger partial charge in [0.25, 0.3) is 5.91 Å². The molecule has 0 aliphatic carbocycles. The summed E-state index contributed by atoms with van der Waals surface area (Å²) >= 11 is 0. The van der Waals surface area contributed by atoms with Crippen molar-refractivity contribution in [1.82, 2.24) is 5.32 Å². The van der Waals surface area contributed by atoms with Crippen LogP contribution in [0.4, 0.5) is 24.5 Å². The monoisotopic (exact) mass is 461 g/mol. The minimum absolute atomic E-state index is 0.00314. The highest BCUT2D eigenvalue weighted by Gasteiger charge is 2.34. The fourth-order valence-corrected chi connectivity index (χ4v) is 4.15. The van der Waals surface area contributed by atoms with Gasteiger partial charge in [0.05, 0.1) is 18.8 Å². The predicted octanol–water partition coefficient (Wildman–Crippen LogP) is 3.99. The highest BCUT2D eigenvalue weighted by atomic mass is 19.4. The molecule has 33 heavy (non-hydrogen) atoms. The van der Waals surface area contributed by atoms with E-state index in [4.69, 9.17) is 4.74 Å². The van der Waals surface area contributed by atoms with Gasteiger partial charge in [-0.15, -0.1) is 0 Å². The van der Waals surface area contributed by atoms with Gasteiger partial charge >= 0.3 is 6.18 Å². The fourth-order valence-electron chi connectivity index (χ4n) is 4.15. The lowest BCUT2D eigenvalue weighted by Gasteiger charge is -2.29. The molecule has 0 unspecified atom stereocenters. The van der Waals surface area contributed by atoms with Crippen molar-refractivity contribution >= 4 is 23.2 Å². The van der Waals surface area contributed by atoms with Crippen molar-refractivity contribution in [1.29, 1.82) is 0 Å². The maximum absolute atomic E-state index is 13.7. The predicted molar refractivity (Wildman–Crippen MR) is 118 cm³/mol. The second-order valence-corrected chi connectivity index (χ2v) is 8.17. The van der Waals surface area contributed by atoms with Crippen molar-refractivity contribution in [3.8, 4) is 0 Å². The summed E-state index contributed by atoms with van der Waals surface area (Å²) in [5.74, 6) is -0.421. The summed E-state index contributed by atoms with van der Waals surface area (Å²) in [5, 5.41) is 2.58. The van der Waals surface area contributed by atoms with Gasteiger partial charge in [-0.05, 0) is 54.8 Å². The molecular formula is C24H26F3N3O3. The number of rotatable bonds is 5. The van der Waals surface area contributed by atoms with Crippen LogP contribution in [-0.4, -0.2) is 44.7 Å². The van der Waals surface area contributed by atoms with Crippen LogP contribution < -0.4 is 15.1 Å². The van der Waals surface area contributed by atoms with Crippen molar-refractivity contribution < 1.29 is 27.5 Å². The van der Waals surface area contributed by atoms with Gasteiger partial charge in [0.1, 0.15) is 0 Å². The van der Waals surface area contributed by atoms with Crippen LogP contribution in [0, 0.1) is 0 Å². The molecule has 176 valence electrons. The van der Waals surface area contributed by atoms with Crippen LogP contribution in [-0.2, 0) is 22.3 Å². The number of piperidine rings is 1. The van der Waals surface area contributed by atoms with Crippen LogP contribution in [0.25, 0.3) is 0 Å². The van der Waals surface area contributed by atoms with Gasteiger partial charge < -0.3 is 19.9 Å². The number of morpholine rings is 1. The van der Waals surface area contributed by atoms with E-state index in [-0.39, 0.29) is 18.0 Å². The number of carbonyl (C=O) groups is 2. The lowest BCUT2D eigenvalue weighted by molar-refractivity contribution is -0.138. The van der Waals surface area contributed by atoms with E-state index in [2.05, 4.69) is 5.32 Å². The number of alkyl halides is 3. The molecule has 0 atom stereocenters. The molecule has 2 aromatic carbocycles. The van der Waals surface area contributed by atoms with E-state index in [1.807, 2.05) is 4.90 Å². The summed E-state index contributed by atoms with van der Waals surface area (Å²) in [4.78, 5) is 28.2. The summed E-state index contributed by atoms with van der Waals surface area (Å²) in [6, 6.07) is 10.7. The van der Waals surface area contributed by atoms with Gasteiger partial charge in [0.2, 0.25) is 5.91 Å². The van der Waals surface area contributed by atoms with E-state index in [0.29, 0.717) is 56.2 Å². The molecule has 4 rings (SSSR count). The van der Waals surface area contributed by atoms with E-state index in [9.17, 15) is 22.8 Å². The lowest BCUT2D eigenvalue weighted by atomic mass is 10.0. The molecular weight excluding hydrogens is 435 g/mol. The minimum Gasteiger partial charge on any atom is -0.378 e. The van der Waals surface area contributed by atoms with E-state index >= 15 is 0 Å². The van der Waals surface area contributed by atoms with E-state index in [1.54, 1.807) is 35.2 Å². The quantitative estimate of drug-likeness (QED) is 0.732. The van der Waals surface area contributed by atoms with Gasteiger partial charge in [-0.3, -0.25) is 9.59 Å². The number of benzene rings is 2. The summed E-state index contributed by atoms with van der Waals surface area (Å²) in [7, 11) is 0. The Bertz CT molecular complexity index is 1000. The molecule has 0 bridgehead atoms. The Labute approximate surface area is 190 Å². The molecule has 0 saturated carbocycles. The SMILES string of the molecule is O=C(NCc1ccc(N2CCOCC2)cc1C(F)(F)F)c1ccc(N2CCCCC2=O)cc1. The molecule has 2 aliphatic heterocycles. The van der Waals surface area contributed by atoms with Crippen LogP contribution in [0.1, 0.15) is 40.7 Å². The lowest BCUT2D eigenvalue weighted by Crippen LogP contribution is -2.36. The average molecular weight is 461 g/mol. The van der Waals surface area contributed by atoms with Gasteiger partial charge in [-0.25, -0.2) is 0 Å². The molecule has 2 aliphatic rings. The van der Waals surface area contributed by atoms with E-state index < -0.39 is 17.6 Å². The Kier molecular flexibility index (Phi) is 6.88. The Hall–Kier alpha value is -3.07. The Morgan fingerprint density at radius 1 is 0.970 bits per heavy atom. The molecule has 2 heterocycles. The molecule has 0 radical (unpaired) electrons.